The monoisotopic (exact) mass is 121 g/mol. The van der Waals surface area contributed by atoms with Crippen LogP contribution in [-0.2, 0) is 4.79 Å². The molecule has 1 radical (unpaired) electrons. The van der Waals surface area contributed by atoms with Crippen LogP contribution in [0.4, 0.5) is 0 Å². The quantitative estimate of drug-likeness (QED) is 0.542. The molecule has 1 aliphatic carbocycles. The van der Waals surface area contributed by atoms with Gasteiger partial charge in [0.25, 0.3) is 0 Å². The predicted octanol–water partition coefficient (Wildman–Crippen LogP) is 1.62. The smallest absolute Gasteiger partial charge is 0.199 e. The molecule has 0 aromatic heterocycles. The zero-order valence-electron chi connectivity index (χ0n) is 5.21. The summed E-state index contributed by atoms with van der Waals surface area (Å²) < 4.78 is 0. The second-order valence-electron chi connectivity index (χ2n) is 2.16. The van der Waals surface area contributed by atoms with Crippen LogP contribution in [0.1, 0.15) is 12.8 Å². The molecule has 0 amide bonds. The summed E-state index contributed by atoms with van der Waals surface area (Å²) in [5.41, 5.74) is 0. The highest BCUT2D eigenvalue weighted by Crippen LogP contribution is 2.13. The molecule has 0 aliphatic heterocycles. The Morgan fingerprint density at radius 3 is 3.00 bits per heavy atom. The van der Waals surface area contributed by atoms with E-state index in [1.165, 1.54) is 0 Å². The molecular formula is C8H9O. The third kappa shape index (κ3) is 1.84. The molecule has 9 heavy (non-hydrogen) atoms. The van der Waals surface area contributed by atoms with Gasteiger partial charge in [-0.05, 0) is 12.3 Å². The van der Waals surface area contributed by atoms with Gasteiger partial charge in [0.2, 0.25) is 0 Å². The van der Waals surface area contributed by atoms with Gasteiger partial charge in [-0.15, -0.1) is 0 Å². The molecule has 0 fully saturated rings. The van der Waals surface area contributed by atoms with Crippen LogP contribution in [0.2, 0.25) is 0 Å². The van der Waals surface area contributed by atoms with Crippen LogP contribution in [-0.4, -0.2) is 6.29 Å². The van der Waals surface area contributed by atoms with Gasteiger partial charge in [0.1, 0.15) is 0 Å². The van der Waals surface area contributed by atoms with Crippen molar-refractivity contribution >= 4 is 6.29 Å². The Hall–Kier alpha value is -0.850. The van der Waals surface area contributed by atoms with Crippen molar-refractivity contribution < 1.29 is 4.79 Å². The molecule has 1 aliphatic rings. The average Bonchev–Trinajstić information content (AvgIpc) is 1.91. The molecule has 1 heteroatoms. The highest BCUT2D eigenvalue weighted by atomic mass is 16.1. The summed E-state index contributed by atoms with van der Waals surface area (Å²) in [7, 11) is 0. The van der Waals surface area contributed by atoms with Crippen molar-refractivity contribution in [3.63, 3.8) is 0 Å². The Balaban J connectivity index is 2.36. The Morgan fingerprint density at radius 2 is 2.44 bits per heavy atom. The Kier molecular flexibility index (Phi) is 2.25. The average molecular weight is 121 g/mol. The predicted molar refractivity (Wildman–Crippen MR) is 36.7 cm³/mol. The van der Waals surface area contributed by atoms with Crippen LogP contribution >= 0.6 is 0 Å². The lowest BCUT2D eigenvalue weighted by atomic mass is 9.98. The minimum atomic E-state index is 0.410. The fourth-order valence-electron chi connectivity index (χ4n) is 0.890. The van der Waals surface area contributed by atoms with E-state index >= 15 is 0 Å². The van der Waals surface area contributed by atoms with E-state index in [2.05, 4.69) is 6.08 Å². The van der Waals surface area contributed by atoms with E-state index in [0.29, 0.717) is 12.3 Å². The first-order valence-corrected chi connectivity index (χ1v) is 3.12. The fourth-order valence-corrected chi connectivity index (χ4v) is 0.890. The number of hydrogen-bond donors (Lipinski definition) is 0. The van der Waals surface area contributed by atoms with Gasteiger partial charge in [-0.25, -0.2) is 0 Å². The normalized spacial score (nSPS) is 24.2. The van der Waals surface area contributed by atoms with Crippen LogP contribution in [0.15, 0.2) is 24.3 Å². The van der Waals surface area contributed by atoms with Gasteiger partial charge >= 0.3 is 0 Å². The maximum atomic E-state index is 9.89. The van der Waals surface area contributed by atoms with E-state index in [1.807, 2.05) is 24.5 Å². The summed E-state index contributed by atoms with van der Waals surface area (Å²) in [5, 5.41) is 0. The first-order valence-electron chi connectivity index (χ1n) is 3.12. The Morgan fingerprint density at radius 1 is 1.56 bits per heavy atom. The Labute approximate surface area is 55.1 Å². The second kappa shape index (κ2) is 3.23. The van der Waals surface area contributed by atoms with Crippen molar-refractivity contribution in [2.24, 2.45) is 5.92 Å². The van der Waals surface area contributed by atoms with Gasteiger partial charge in [-0.2, -0.15) is 0 Å². The fraction of sp³-hybridized carbons (Fsp3) is 0.375. The minimum Gasteiger partial charge on any atom is -0.291 e. The summed E-state index contributed by atoms with van der Waals surface area (Å²) in [6, 6.07) is 0. The lowest BCUT2D eigenvalue weighted by molar-refractivity contribution is 0.536. The topological polar surface area (TPSA) is 17.1 Å². The maximum Gasteiger partial charge on any atom is 0.199 e. The van der Waals surface area contributed by atoms with Crippen LogP contribution < -0.4 is 0 Å². The maximum absolute atomic E-state index is 9.89. The van der Waals surface area contributed by atoms with Crippen molar-refractivity contribution in [3.8, 4) is 0 Å². The summed E-state index contributed by atoms with van der Waals surface area (Å²) in [4.78, 5) is 9.89. The second-order valence-corrected chi connectivity index (χ2v) is 2.16. The summed E-state index contributed by atoms with van der Waals surface area (Å²) in [6.45, 7) is 0. The highest BCUT2D eigenvalue weighted by Gasteiger charge is 2.02. The molecule has 0 unspecified atom stereocenters. The SMILES string of the molecule is O=[C]C[C@H]1C=CC=CC1. The van der Waals surface area contributed by atoms with Crippen molar-refractivity contribution in [1.29, 1.82) is 0 Å². The van der Waals surface area contributed by atoms with Gasteiger partial charge in [0, 0.05) is 6.42 Å². The first kappa shape index (κ1) is 6.27. The van der Waals surface area contributed by atoms with Crippen molar-refractivity contribution in [2.45, 2.75) is 12.8 Å². The molecule has 1 nitrogen and oxygen atoms in total. The molecule has 0 N–H and O–H groups in total. The number of rotatable bonds is 2. The molecule has 0 saturated carbocycles. The van der Waals surface area contributed by atoms with Crippen LogP contribution in [0.25, 0.3) is 0 Å². The third-order valence-corrected chi connectivity index (χ3v) is 1.41. The van der Waals surface area contributed by atoms with Crippen molar-refractivity contribution in [2.75, 3.05) is 0 Å². The van der Waals surface area contributed by atoms with Crippen molar-refractivity contribution in [1.82, 2.24) is 0 Å². The van der Waals surface area contributed by atoms with Crippen LogP contribution in [0, 0.1) is 5.92 Å². The molecular weight excluding hydrogens is 112 g/mol. The molecule has 0 heterocycles. The van der Waals surface area contributed by atoms with E-state index in [4.69, 9.17) is 0 Å². The molecule has 0 spiro atoms. The zero-order chi connectivity index (χ0) is 6.53. The lowest BCUT2D eigenvalue weighted by Gasteiger charge is -2.06. The lowest BCUT2D eigenvalue weighted by Crippen LogP contribution is -1.96. The van der Waals surface area contributed by atoms with Gasteiger partial charge in [-0.1, -0.05) is 24.3 Å². The number of allylic oxidation sites excluding steroid dienone is 4. The summed E-state index contributed by atoms with van der Waals surface area (Å²) in [5.74, 6) is 0.410. The van der Waals surface area contributed by atoms with Gasteiger partial charge < -0.3 is 0 Å². The molecule has 1 rings (SSSR count). The standard InChI is InChI=1S/C8H9O/c9-7-6-8-4-2-1-3-5-8/h1-4,8H,5-6H2/t8-/m0/s1. The highest BCUT2D eigenvalue weighted by molar-refractivity contribution is 5.51. The van der Waals surface area contributed by atoms with E-state index in [-0.39, 0.29) is 0 Å². The van der Waals surface area contributed by atoms with Gasteiger partial charge in [0.15, 0.2) is 6.29 Å². The minimum absolute atomic E-state index is 0.410. The van der Waals surface area contributed by atoms with Crippen LogP contribution in [0.3, 0.4) is 0 Å². The first-order chi connectivity index (χ1) is 4.43. The summed E-state index contributed by atoms with van der Waals surface area (Å²) >= 11 is 0. The number of carbonyl (C=O) groups excluding carboxylic acids is 1. The van der Waals surface area contributed by atoms with E-state index in [1.54, 1.807) is 0 Å². The van der Waals surface area contributed by atoms with Crippen LogP contribution in [0.5, 0.6) is 0 Å². The molecule has 0 aromatic carbocycles. The van der Waals surface area contributed by atoms with Crippen molar-refractivity contribution in [3.05, 3.63) is 24.3 Å². The summed E-state index contributed by atoms with van der Waals surface area (Å²) in [6.07, 6.45) is 11.5. The molecule has 1 atom stereocenters. The van der Waals surface area contributed by atoms with E-state index in [9.17, 15) is 4.79 Å². The molecule has 0 bridgehead atoms. The van der Waals surface area contributed by atoms with E-state index in [0.717, 1.165) is 6.42 Å². The zero-order valence-corrected chi connectivity index (χ0v) is 5.21. The molecule has 0 aromatic rings. The number of hydrogen-bond acceptors (Lipinski definition) is 1. The van der Waals surface area contributed by atoms with Gasteiger partial charge in [-0.3, -0.25) is 4.79 Å². The third-order valence-electron chi connectivity index (χ3n) is 1.41. The molecule has 47 valence electrons. The van der Waals surface area contributed by atoms with E-state index < -0.39 is 0 Å². The molecule has 0 saturated heterocycles. The Bertz CT molecular complexity index is 143. The van der Waals surface area contributed by atoms with Gasteiger partial charge in [0.05, 0.1) is 0 Å². The largest absolute Gasteiger partial charge is 0.291 e.